The molecule has 426 valence electrons. The lowest BCUT2D eigenvalue weighted by molar-refractivity contribution is -0.147. The molecule has 0 spiro atoms. The summed E-state index contributed by atoms with van der Waals surface area (Å²) in [6.45, 7) is 7.01. The highest BCUT2D eigenvalue weighted by Gasteiger charge is 2.46. The fourth-order valence-electron chi connectivity index (χ4n) is 12.8. The van der Waals surface area contributed by atoms with E-state index in [1.54, 1.807) is 30.1 Å². The lowest BCUT2D eigenvalue weighted by Gasteiger charge is -2.42. The Hall–Kier alpha value is -7.09. The first-order valence-electron chi connectivity index (χ1n) is 28.7. The molecule has 0 radical (unpaired) electrons. The summed E-state index contributed by atoms with van der Waals surface area (Å²) >= 11 is 7.94. The molecule has 6 heterocycles. The number of fused-ring (bicyclic) bond motifs is 2. The molecule has 4 aromatic carbocycles. The summed E-state index contributed by atoms with van der Waals surface area (Å²) in [6, 6.07) is 26.5. The molecule has 4 saturated heterocycles. The van der Waals surface area contributed by atoms with Gasteiger partial charge in [-0.3, -0.25) is 43.8 Å². The van der Waals surface area contributed by atoms with Crippen molar-refractivity contribution in [1.82, 2.24) is 35.6 Å². The number of likely N-dealkylation sites (N-methyl/N-ethyl adjacent to an activating group) is 1. The van der Waals surface area contributed by atoms with Crippen molar-refractivity contribution < 1.29 is 43.0 Å². The number of benzene rings is 4. The highest BCUT2D eigenvalue weighted by Crippen LogP contribution is 2.43. The van der Waals surface area contributed by atoms with Crippen LogP contribution in [0.25, 0.3) is 20.8 Å². The van der Waals surface area contributed by atoms with Crippen LogP contribution in [0, 0.1) is 17.8 Å². The van der Waals surface area contributed by atoms with Crippen LogP contribution in [0.15, 0.2) is 84.9 Å². The van der Waals surface area contributed by atoms with Crippen molar-refractivity contribution >= 4 is 85.9 Å². The SMILES string of the molecule is CNC(=O)C1(Oc2ccccc2-c2nc3cccc(Cl)c3s2)CCN(C(=O)[C@H]2CC(=O)Nc3ccc(OCCNC(=O)C4CCC(C(=O)N5CCN(CC6CCN(c7cccc(C8CCC(=O)NC8=O)c7)CC6)CC5)CC4)cc32)CC1. The largest absolute Gasteiger partial charge is 0.492 e. The second-order valence-corrected chi connectivity index (χ2v) is 23.9. The van der Waals surface area contributed by atoms with E-state index in [1.807, 2.05) is 59.5 Å². The van der Waals surface area contributed by atoms with Gasteiger partial charge in [-0.05, 0) is 117 Å². The van der Waals surface area contributed by atoms with Crippen molar-refractivity contribution in [1.29, 1.82) is 0 Å². The number of amides is 7. The second kappa shape index (κ2) is 24.6. The molecular weight excluding hydrogens is 1070 g/mol. The number of hydrogen-bond acceptors (Lipinski definition) is 13. The Bertz CT molecular complexity index is 3190. The lowest BCUT2D eigenvalue weighted by Crippen LogP contribution is -2.58. The number of likely N-dealkylation sites (tertiary alicyclic amines) is 1. The predicted octanol–water partition coefficient (Wildman–Crippen LogP) is 7.11. The maximum absolute atomic E-state index is 14.4. The van der Waals surface area contributed by atoms with Gasteiger partial charge in [0.05, 0.1) is 39.2 Å². The highest BCUT2D eigenvalue weighted by atomic mass is 35.5. The average molecular weight is 1140 g/mol. The number of hydrogen-bond donors (Lipinski definition) is 4. The quantitative estimate of drug-likeness (QED) is 0.0611. The number of anilines is 2. The molecule has 1 aliphatic carbocycles. The van der Waals surface area contributed by atoms with Gasteiger partial charge < -0.3 is 40.1 Å². The molecule has 5 aliphatic heterocycles. The molecule has 81 heavy (non-hydrogen) atoms. The summed E-state index contributed by atoms with van der Waals surface area (Å²) in [6.07, 6.45) is 6.15. The van der Waals surface area contributed by atoms with Crippen LogP contribution in [-0.4, -0.2) is 146 Å². The molecule has 6 aliphatic rings. The van der Waals surface area contributed by atoms with E-state index in [1.165, 1.54) is 11.3 Å². The minimum absolute atomic E-state index is 0.0414. The summed E-state index contributed by atoms with van der Waals surface area (Å²) in [5.74, 6) is -0.745. The number of aromatic nitrogens is 1. The van der Waals surface area contributed by atoms with E-state index in [2.05, 4.69) is 43.2 Å². The molecule has 2 atom stereocenters. The van der Waals surface area contributed by atoms with Gasteiger partial charge >= 0.3 is 0 Å². The fourth-order valence-corrected chi connectivity index (χ4v) is 14.1. The zero-order valence-electron chi connectivity index (χ0n) is 45.7. The van der Waals surface area contributed by atoms with Gasteiger partial charge in [-0.1, -0.05) is 41.9 Å². The van der Waals surface area contributed by atoms with Crippen LogP contribution < -0.4 is 35.6 Å². The third-order valence-electron chi connectivity index (χ3n) is 17.5. The van der Waals surface area contributed by atoms with E-state index < -0.39 is 11.5 Å². The first-order chi connectivity index (χ1) is 39.3. The number of carbonyl (C=O) groups excluding carboxylic acids is 7. The van der Waals surface area contributed by atoms with Gasteiger partial charge in [-0.2, -0.15) is 0 Å². The minimum Gasteiger partial charge on any atom is -0.492 e. The summed E-state index contributed by atoms with van der Waals surface area (Å²) in [4.78, 5) is 106. The van der Waals surface area contributed by atoms with Crippen molar-refractivity contribution in [3.63, 3.8) is 0 Å². The Morgan fingerprint density at radius 1 is 0.765 bits per heavy atom. The maximum atomic E-state index is 14.4. The monoisotopic (exact) mass is 1140 g/mol. The predicted molar refractivity (Wildman–Crippen MR) is 309 cm³/mol. The molecule has 5 fully saturated rings. The van der Waals surface area contributed by atoms with E-state index in [0.29, 0.717) is 77.2 Å². The van der Waals surface area contributed by atoms with E-state index >= 15 is 0 Å². The molecule has 1 saturated carbocycles. The number of piperidine rings is 3. The smallest absolute Gasteiger partial charge is 0.264 e. The van der Waals surface area contributed by atoms with Crippen LogP contribution in [0.1, 0.15) is 93.6 Å². The number of ether oxygens (including phenoxy) is 2. The van der Waals surface area contributed by atoms with Crippen LogP contribution in [0.2, 0.25) is 5.02 Å². The normalized spacial score (nSPS) is 22.5. The van der Waals surface area contributed by atoms with E-state index in [9.17, 15) is 33.6 Å². The second-order valence-electron chi connectivity index (χ2n) is 22.5. The number of thiazole rings is 1. The highest BCUT2D eigenvalue weighted by molar-refractivity contribution is 7.22. The number of imide groups is 1. The van der Waals surface area contributed by atoms with Crippen molar-refractivity contribution in [2.75, 3.05) is 89.3 Å². The molecule has 1 aromatic heterocycles. The van der Waals surface area contributed by atoms with Crippen LogP contribution in [0.5, 0.6) is 11.5 Å². The van der Waals surface area contributed by atoms with Crippen molar-refractivity contribution in [2.24, 2.45) is 17.8 Å². The average Bonchev–Trinajstić information content (AvgIpc) is 4.08. The number of rotatable bonds is 15. The Kier molecular flexibility index (Phi) is 16.9. The number of piperazine rings is 1. The number of nitrogens with one attached hydrogen (secondary N) is 4. The molecule has 11 rings (SSSR count). The molecule has 1 unspecified atom stereocenters. The number of nitrogens with zero attached hydrogens (tertiary/aromatic N) is 5. The molecule has 0 bridgehead atoms. The van der Waals surface area contributed by atoms with Gasteiger partial charge in [-0.25, -0.2) is 4.98 Å². The van der Waals surface area contributed by atoms with Crippen LogP contribution >= 0.6 is 22.9 Å². The van der Waals surface area contributed by atoms with Crippen molar-refractivity contribution in [3.8, 4) is 22.1 Å². The van der Waals surface area contributed by atoms with Crippen LogP contribution in [-0.2, 0) is 33.6 Å². The van der Waals surface area contributed by atoms with Crippen LogP contribution in [0.3, 0.4) is 0 Å². The van der Waals surface area contributed by atoms with Gasteiger partial charge in [0.15, 0.2) is 5.60 Å². The van der Waals surface area contributed by atoms with Gasteiger partial charge in [0.2, 0.25) is 35.4 Å². The summed E-state index contributed by atoms with van der Waals surface area (Å²) in [5, 5.41) is 12.5. The van der Waals surface area contributed by atoms with Gasteiger partial charge in [0, 0.05) is 115 Å². The van der Waals surface area contributed by atoms with E-state index in [4.69, 9.17) is 26.1 Å². The number of carbonyl (C=O) groups is 7. The number of halogens is 1. The van der Waals surface area contributed by atoms with Crippen molar-refractivity contribution in [3.05, 3.63) is 101 Å². The molecule has 20 heteroatoms. The maximum Gasteiger partial charge on any atom is 0.264 e. The van der Waals surface area contributed by atoms with Gasteiger partial charge in [-0.15, -0.1) is 11.3 Å². The Morgan fingerprint density at radius 3 is 2.26 bits per heavy atom. The molecule has 18 nitrogen and oxygen atoms in total. The molecular formula is C61H70ClN9O9S. The topological polar surface area (TPSA) is 212 Å². The van der Waals surface area contributed by atoms with Crippen molar-refractivity contribution in [2.45, 2.75) is 88.1 Å². The summed E-state index contributed by atoms with van der Waals surface area (Å²) < 4.78 is 13.7. The zero-order valence-corrected chi connectivity index (χ0v) is 47.3. The zero-order chi connectivity index (χ0) is 56.2. The van der Waals surface area contributed by atoms with E-state index in [-0.39, 0.29) is 105 Å². The molecule has 5 aromatic rings. The summed E-state index contributed by atoms with van der Waals surface area (Å²) in [7, 11) is 1.57. The third-order valence-corrected chi connectivity index (χ3v) is 19.0. The standard InChI is InChI=1S/C61H70ClN9O9S/c1-63-60(78)61(80-51-11-3-2-8-45(51)57-66-50-10-5-9-48(62)54(50)81-57)22-27-70(28-23-61)59(77)47-36-53(73)65-49-18-16-43(35-46(47)49)79-33-24-64-55(74)39-12-14-40(15-13-39)58(76)71-31-29-68(30-32-71)37-38-20-25-69(26-21-38)42-7-4-6-41(34-42)44-17-19-52(72)67-56(44)75/h2-11,16,18,34-35,38-40,44,47H,12-15,17,19-33,36-37H2,1H3,(H,63,78)(H,64,74)(H,65,73)(H,67,72,75)/t39?,40?,44?,47-/m0/s1. The molecule has 7 amide bonds. The first-order valence-corrected chi connectivity index (χ1v) is 29.9. The molecule has 4 N–H and O–H groups in total. The number of para-hydroxylation sites is 1. The third kappa shape index (κ3) is 12.4. The van der Waals surface area contributed by atoms with Gasteiger partial charge in [0.25, 0.3) is 5.91 Å². The summed E-state index contributed by atoms with van der Waals surface area (Å²) in [5.41, 5.74) is 3.49. The lowest BCUT2D eigenvalue weighted by atomic mass is 9.81. The van der Waals surface area contributed by atoms with Crippen LogP contribution in [0.4, 0.5) is 11.4 Å². The Balaban J connectivity index is 0.604. The Morgan fingerprint density at radius 2 is 1.51 bits per heavy atom. The first kappa shape index (κ1) is 55.8. The fraction of sp³-hybridized carbons (Fsp3) is 0.475. The van der Waals surface area contributed by atoms with Gasteiger partial charge in [0.1, 0.15) is 23.1 Å². The minimum atomic E-state index is -1.27. The Labute approximate surface area is 480 Å². The van der Waals surface area contributed by atoms with E-state index in [0.717, 1.165) is 85.7 Å².